The first-order chi connectivity index (χ1) is 8.10. The lowest BCUT2D eigenvalue weighted by atomic mass is 9.98. The van der Waals surface area contributed by atoms with Crippen molar-refractivity contribution in [3.8, 4) is 0 Å². The molecule has 0 aromatic carbocycles. The van der Waals surface area contributed by atoms with Crippen molar-refractivity contribution >= 4 is 15.9 Å². The van der Waals surface area contributed by atoms with Gasteiger partial charge in [-0.25, -0.2) is 0 Å². The van der Waals surface area contributed by atoms with Crippen LogP contribution in [0.4, 0.5) is 0 Å². The number of ether oxygens (including phenoxy) is 1. The van der Waals surface area contributed by atoms with Crippen LogP contribution in [0.5, 0.6) is 0 Å². The number of halogens is 1. The first-order valence-electron chi connectivity index (χ1n) is 7.15. The third kappa shape index (κ3) is 3.93. The molecule has 0 radical (unpaired) electrons. The first-order valence-corrected chi connectivity index (χ1v) is 8.06. The third-order valence-corrected chi connectivity index (χ3v) is 4.60. The zero-order valence-corrected chi connectivity index (χ0v) is 12.8. The largest absolute Gasteiger partial charge is 0.370 e. The Morgan fingerprint density at radius 3 is 2.65 bits per heavy atom. The van der Waals surface area contributed by atoms with E-state index in [1.165, 1.54) is 44.9 Å². The van der Waals surface area contributed by atoms with Crippen LogP contribution in [0, 0.1) is 0 Å². The molecule has 1 spiro atoms. The molecule has 100 valence electrons. The highest BCUT2D eigenvalue weighted by Crippen LogP contribution is 2.43. The van der Waals surface area contributed by atoms with E-state index in [4.69, 9.17) is 4.74 Å². The molecule has 1 aliphatic heterocycles. The summed E-state index contributed by atoms with van der Waals surface area (Å²) in [5.41, 5.74) is 0.290. The smallest absolute Gasteiger partial charge is 0.0708 e. The van der Waals surface area contributed by atoms with E-state index in [-0.39, 0.29) is 5.60 Å². The molecule has 17 heavy (non-hydrogen) atoms. The Morgan fingerprint density at radius 1 is 1.29 bits per heavy atom. The molecule has 2 rings (SSSR count). The fraction of sp³-hybridized carbons (Fsp3) is 1.00. The lowest BCUT2D eigenvalue weighted by Crippen LogP contribution is -2.36. The zero-order chi connectivity index (χ0) is 12.3. The molecule has 1 saturated carbocycles. The highest BCUT2D eigenvalue weighted by molar-refractivity contribution is 9.09. The lowest BCUT2D eigenvalue weighted by Gasteiger charge is -2.25. The number of alkyl halides is 1. The van der Waals surface area contributed by atoms with Crippen molar-refractivity contribution in [2.45, 2.75) is 81.4 Å². The number of hydrogen-bond acceptors (Lipinski definition) is 2. The summed E-state index contributed by atoms with van der Waals surface area (Å²) in [6.07, 6.45) is 9.54. The van der Waals surface area contributed by atoms with E-state index in [1.807, 2.05) is 0 Å². The van der Waals surface area contributed by atoms with E-state index in [0.29, 0.717) is 17.0 Å². The van der Waals surface area contributed by atoms with Crippen LogP contribution in [-0.2, 0) is 4.74 Å². The van der Waals surface area contributed by atoms with Gasteiger partial charge in [0.1, 0.15) is 0 Å². The second-order valence-corrected chi connectivity index (χ2v) is 7.56. The Kier molecular flexibility index (Phi) is 4.90. The minimum atomic E-state index is 0.290. The molecule has 2 fully saturated rings. The molecule has 1 saturated heterocycles. The summed E-state index contributed by atoms with van der Waals surface area (Å²) in [6.45, 7) is 5.50. The molecule has 3 atom stereocenters. The van der Waals surface area contributed by atoms with Gasteiger partial charge in [0.25, 0.3) is 0 Å². The van der Waals surface area contributed by atoms with Crippen LogP contribution in [0.25, 0.3) is 0 Å². The Bertz CT molecular complexity index is 238. The van der Waals surface area contributed by atoms with E-state index in [0.717, 1.165) is 6.54 Å². The highest BCUT2D eigenvalue weighted by atomic mass is 79.9. The predicted octanol–water partition coefficient (Wildman–Crippen LogP) is 3.63. The van der Waals surface area contributed by atoms with Crippen LogP contribution in [0.2, 0.25) is 0 Å². The summed E-state index contributed by atoms with van der Waals surface area (Å²) < 4.78 is 6.29. The molecular weight excluding hydrogens is 278 g/mol. The molecule has 0 aromatic heterocycles. The Hall–Kier alpha value is 0.400. The topological polar surface area (TPSA) is 21.3 Å². The van der Waals surface area contributed by atoms with Crippen molar-refractivity contribution in [2.75, 3.05) is 6.54 Å². The average Bonchev–Trinajstić information content (AvgIpc) is 2.86. The summed E-state index contributed by atoms with van der Waals surface area (Å²) in [5.74, 6) is 0. The van der Waals surface area contributed by atoms with Gasteiger partial charge in [-0.05, 0) is 39.0 Å². The van der Waals surface area contributed by atoms with Gasteiger partial charge in [0, 0.05) is 17.4 Å². The zero-order valence-electron chi connectivity index (χ0n) is 11.2. The molecule has 1 N–H and O–H groups in total. The van der Waals surface area contributed by atoms with E-state index >= 15 is 0 Å². The number of hydrogen-bond donors (Lipinski definition) is 1. The van der Waals surface area contributed by atoms with Crippen molar-refractivity contribution in [1.82, 2.24) is 5.32 Å². The second kappa shape index (κ2) is 6.03. The van der Waals surface area contributed by atoms with Gasteiger partial charge < -0.3 is 10.1 Å². The van der Waals surface area contributed by atoms with Gasteiger partial charge in [-0.15, -0.1) is 0 Å². The van der Waals surface area contributed by atoms with E-state index < -0.39 is 0 Å². The number of rotatable bonds is 5. The molecule has 2 aliphatic rings. The number of nitrogens with one attached hydrogen (secondary N) is 1. The van der Waals surface area contributed by atoms with Gasteiger partial charge in [-0.1, -0.05) is 35.7 Å². The lowest BCUT2D eigenvalue weighted by molar-refractivity contribution is -0.0358. The summed E-state index contributed by atoms with van der Waals surface area (Å²) >= 11 is 3.61. The predicted molar refractivity (Wildman–Crippen MR) is 75.8 cm³/mol. The standard InChI is InChI=1S/C14H26BrNO/c1-11(15)9-12(2)16-10-13-5-8-14(17-13)6-3-4-7-14/h11-13,16H,3-10H2,1-2H3. The molecule has 2 nitrogen and oxygen atoms in total. The maximum absolute atomic E-state index is 6.29. The molecule has 3 heteroatoms. The van der Waals surface area contributed by atoms with Crippen molar-refractivity contribution in [3.63, 3.8) is 0 Å². The van der Waals surface area contributed by atoms with Crippen LogP contribution in [-0.4, -0.2) is 29.1 Å². The fourth-order valence-corrected chi connectivity index (χ4v) is 3.89. The van der Waals surface area contributed by atoms with Gasteiger partial charge >= 0.3 is 0 Å². The Balaban J connectivity index is 1.67. The van der Waals surface area contributed by atoms with Crippen LogP contribution < -0.4 is 5.32 Å². The van der Waals surface area contributed by atoms with Crippen molar-refractivity contribution in [1.29, 1.82) is 0 Å². The summed E-state index contributed by atoms with van der Waals surface area (Å²) in [7, 11) is 0. The van der Waals surface area contributed by atoms with E-state index in [2.05, 4.69) is 35.1 Å². The monoisotopic (exact) mass is 303 g/mol. The first kappa shape index (κ1) is 13.8. The van der Waals surface area contributed by atoms with Crippen LogP contribution in [0.15, 0.2) is 0 Å². The SMILES string of the molecule is CC(Br)CC(C)NCC1CCC2(CCCC2)O1. The van der Waals surface area contributed by atoms with Crippen molar-refractivity contribution < 1.29 is 4.74 Å². The Labute approximate surface area is 114 Å². The fourth-order valence-electron chi connectivity index (χ4n) is 3.33. The molecule has 0 aromatic rings. The second-order valence-electron chi connectivity index (χ2n) is 5.99. The van der Waals surface area contributed by atoms with Crippen molar-refractivity contribution in [2.24, 2.45) is 0 Å². The maximum atomic E-state index is 6.29. The third-order valence-electron chi connectivity index (χ3n) is 4.23. The quantitative estimate of drug-likeness (QED) is 0.783. The van der Waals surface area contributed by atoms with Gasteiger partial charge in [0.05, 0.1) is 11.7 Å². The van der Waals surface area contributed by atoms with Crippen LogP contribution in [0.1, 0.15) is 58.8 Å². The van der Waals surface area contributed by atoms with E-state index in [9.17, 15) is 0 Å². The van der Waals surface area contributed by atoms with Gasteiger partial charge in [-0.2, -0.15) is 0 Å². The summed E-state index contributed by atoms with van der Waals surface area (Å²) in [6, 6.07) is 0.577. The Morgan fingerprint density at radius 2 is 2.00 bits per heavy atom. The van der Waals surface area contributed by atoms with Gasteiger partial charge in [0.15, 0.2) is 0 Å². The molecule has 3 unspecified atom stereocenters. The minimum absolute atomic E-state index is 0.290. The molecule has 1 heterocycles. The molecule has 0 amide bonds. The van der Waals surface area contributed by atoms with E-state index in [1.54, 1.807) is 0 Å². The molecule has 1 aliphatic carbocycles. The maximum Gasteiger partial charge on any atom is 0.0708 e. The van der Waals surface area contributed by atoms with Gasteiger partial charge in [0.2, 0.25) is 0 Å². The highest BCUT2D eigenvalue weighted by Gasteiger charge is 2.41. The van der Waals surface area contributed by atoms with Crippen LogP contribution in [0.3, 0.4) is 0 Å². The molecule has 0 bridgehead atoms. The molecular formula is C14H26BrNO. The van der Waals surface area contributed by atoms with Crippen molar-refractivity contribution in [3.05, 3.63) is 0 Å². The average molecular weight is 304 g/mol. The minimum Gasteiger partial charge on any atom is -0.370 e. The normalized spacial score (nSPS) is 30.9. The summed E-state index contributed by atoms with van der Waals surface area (Å²) in [4.78, 5) is 0.593. The van der Waals surface area contributed by atoms with Crippen LogP contribution >= 0.6 is 15.9 Å². The van der Waals surface area contributed by atoms with Gasteiger partial charge in [-0.3, -0.25) is 0 Å². The summed E-state index contributed by atoms with van der Waals surface area (Å²) in [5, 5.41) is 3.61.